The summed E-state index contributed by atoms with van der Waals surface area (Å²) in [4.78, 5) is 22.4. The summed E-state index contributed by atoms with van der Waals surface area (Å²) in [5.74, 6) is 0.171. The summed E-state index contributed by atoms with van der Waals surface area (Å²) in [5, 5.41) is 13.6. The number of ether oxygens (including phenoxy) is 1. The molecule has 0 saturated carbocycles. The Balaban J connectivity index is 1.82. The van der Waals surface area contributed by atoms with Gasteiger partial charge in [-0.2, -0.15) is 0 Å². The third-order valence-electron chi connectivity index (χ3n) is 3.63. The number of carbonyl (C=O) groups is 1. The van der Waals surface area contributed by atoms with Gasteiger partial charge >= 0.3 is 0 Å². The normalized spacial score (nSPS) is 11.2. The van der Waals surface area contributed by atoms with Crippen LogP contribution in [0, 0.1) is 10.1 Å². The first-order valence-electron chi connectivity index (χ1n) is 8.26. The molecule has 1 amide bonds. The third-order valence-corrected chi connectivity index (χ3v) is 3.83. The van der Waals surface area contributed by atoms with Crippen molar-refractivity contribution < 1.29 is 14.5 Å². The van der Waals surface area contributed by atoms with Crippen molar-refractivity contribution in [1.29, 1.82) is 0 Å². The fraction of sp³-hybridized carbons (Fsp3) is 0.222. The largest absolute Gasteiger partial charge is 0.481 e. The number of benzene rings is 2. The number of nitro benzene ring substituents is 1. The van der Waals surface area contributed by atoms with Gasteiger partial charge in [0.15, 0.2) is 11.2 Å². The van der Waals surface area contributed by atoms with Gasteiger partial charge in [-0.05, 0) is 49.3 Å². The Morgan fingerprint density at radius 2 is 1.93 bits per heavy atom. The molecular formula is C18H20N4O4S. The van der Waals surface area contributed by atoms with Crippen LogP contribution in [0.4, 0.5) is 11.4 Å². The maximum Gasteiger partial charge on any atom is 0.279 e. The van der Waals surface area contributed by atoms with E-state index < -0.39 is 16.9 Å². The zero-order valence-corrected chi connectivity index (χ0v) is 15.7. The smallest absolute Gasteiger partial charge is 0.279 e. The number of non-ortho nitro benzene ring substituents is 1. The predicted octanol–water partition coefficient (Wildman–Crippen LogP) is 2.94. The third kappa shape index (κ3) is 6.23. The predicted molar refractivity (Wildman–Crippen MR) is 107 cm³/mol. The lowest BCUT2D eigenvalue weighted by Gasteiger charge is -2.16. The summed E-state index contributed by atoms with van der Waals surface area (Å²) >= 11 is 5.06. The number of carbonyl (C=O) groups excluding carboxylic acids is 1. The van der Waals surface area contributed by atoms with E-state index in [4.69, 9.17) is 17.0 Å². The first-order chi connectivity index (χ1) is 12.9. The van der Waals surface area contributed by atoms with Gasteiger partial charge in [-0.3, -0.25) is 25.8 Å². The maximum atomic E-state index is 12.1. The van der Waals surface area contributed by atoms with Crippen molar-refractivity contribution in [3.63, 3.8) is 0 Å². The van der Waals surface area contributed by atoms with Crippen molar-refractivity contribution in [2.45, 2.75) is 26.4 Å². The van der Waals surface area contributed by atoms with E-state index in [0.717, 1.165) is 6.42 Å². The second-order valence-corrected chi connectivity index (χ2v) is 6.04. The standard InChI is InChI=1S/C18H20N4O4S/c1-3-13-7-9-16(10-8-13)26-12(2)17(23)20-21-18(27)19-14-5-4-6-15(11-14)22(24)25/h4-12H,3H2,1-2H3,(H,20,23)(H2,19,21,27)/t12-/m1/s1. The van der Waals surface area contributed by atoms with Crippen LogP contribution in [0.1, 0.15) is 19.4 Å². The molecule has 0 unspecified atom stereocenters. The molecule has 0 bridgehead atoms. The minimum absolute atomic E-state index is 0.0667. The number of amides is 1. The second kappa shape index (κ2) is 9.48. The van der Waals surface area contributed by atoms with Crippen molar-refractivity contribution >= 4 is 34.6 Å². The molecule has 0 spiro atoms. The number of hydrazine groups is 1. The minimum atomic E-state index is -0.745. The molecule has 142 valence electrons. The number of thiocarbonyl (C=S) groups is 1. The van der Waals surface area contributed by atoms with Crippen molar-refractivity contribution in [3.05, 3.63) is 64.2 Å². The molecule has 0 aliphatic carbocycles. The Morgan fingerprint density at radius 3 is 2.56 bits per heavy atom. The van der Waals surface area contributed by atoms with Crippen LogP contribution in [-0.4, -0.2) is 22.0 Å². The van der Waals surface area contributed by atoms with E-state index in [9.17, 15) is 14.9 Å². The zero-order chi connectivity index (χ0) is 19.8. The summed E-state index contributed by atoms with van der Waals surface area (Å²) in [5.41, 5.74) is 6.51. The van der Waals surface area contributed by atoms with Gasteiger partial charge < -0.3 is 10.1 Å². The highest BCUT2D eigenvalue weighted by atomic mass is 32.1. The Hall–Kier alpha value is -3.20. The lowest BCUT2D eigenvalue weighted by atomic mass is 10.2. The quantitative estimate of drug-likeness (QED) is 0.397. The number of nitrogens with one attached hydrogen (secondary N) is 3. The summed E-state index contributed by atoms with van der Waals surface area (Å²) in [7, 11) is 0. The minimum Gasteiger partial charge on any atom is -0.481 e. The lowest BCUT2D eigenvalue weighted by Crippen LogP contribution is -2.48. The molecule has 0 saturated heterocycles. The molecule has 3 N–H and O–H groups in total. The molecule has 0 aromatic heterocycles. The summed E-state index contributed by atoms with van der Waals surface area (Å²) in [6, 6.07) is 13.4. The monoisotopic (exact) mass is 388 g/mol. The number of rotatable bonds is 6. The van der Waals surface area contributed by atoms with Gasteiger partial charge in [-0.15, -0.1) is 0 Å². The first kappa shape index (κ1) is 20.1. The Labute approximate surface area is 162 Å². The number of hydrogen-bond acceptors (Lipinski definition) is 5. The van der Waals surface area contributed by atoms with E-state index in [1.54, 1.807) is 13.0 Å². The van der Waals surface area contributed by atoms with Crippen LogP contribution in [0.3, 0.4) is 0 Å². The second-order valence-electron chi connectivity index (χ2n) is 5.63. The first-order valence-corrected chi connectivity index (χ1v) is 8.66. The topological polar surface area (TPSA) is 106 Å². The lowest BCUT2D eigenvalue weighted by molar-refractivity contribution is -0.384. The van der Waals surface area contributed by atoms with Crippen molar-refractivity contribution in [2.75, 3.05) is 5.32 Å². The number of nitrogens with zero attached hydrogens (tertiary/aromatic N) is 1. The molecule has 2 aromatic carbocycles. The Morgan fingerprint density at radius 1 is 1.22 bits per heavy atom. The van der Waals surface area contributed by atoms with Gasteiger partial charge in [0.05, 0.1) is 4.92 Å². The van der Waals surface area contributed by atoms with Gasteiger partial charge in [0.25, 0.3) is 11.6 Å². The summed E-state index contributed by atoms with van der Waals surface area (Å²) in [6.07, 6.45) is 0.181. The molecule has 0 aliphatic rings. The van der Waals surface area contributed by atoms with Gasteiger partial charge in [-0.1, -0.05) is 25.1 Å². The van der Waals surface area contributed by atoms with E-state index in [0.29, 0.717) is 11.4 Å². The number of aryl methyl sites for hydroxylation is 1. The molecule has 0 heterocycles. The highest BCUT2D eigenvalue weighted by Gasteiger charge is 2.15. The highest BCUT2D eigenvalue weighted by Crippen LogP contribution is 2.17. The van der Waals surface area contributed by atoms with Gasteiger partial charge in [0, 0.05) is 17.8 Å². The number of hydrogen-bond donors (Lipinski definition) is 3. The molecule has 1 atom stereocenters. The Kier molecular flexibility index (Phi) is 7.07. The molecule has 27 heavy (non-hydrogen) atoms. The van der Waals surface area contributed by atoms with E-state index in [2.05, 4.69) is 23.1 Å². The number of anilines is 1. The maximum absolute atomic E-state index is 12.1. The van der Waals surface area contributed by atoms with E-state index in [1.165, 1.54) is 23.8 Å². The fourth-order valence-electron chi connectivity index (χ4n) is 2.14. The van der Waals surface area contributed by atoms with Crippen LogP contribution < -0.4 is 20.9 Å². The van der Waals surface area contributed by atoms with E-state index >= 15 is 0 Å². The number of nitro groups is 1. The SMILES string of the molecule is CCc1ccc(O[C@H](C)C(=O)NNC(=S)Nc2cccc([N+](=O)[O-])c2)cc1. The van der Waals surface area contributed by atoms with Crippen LogP contribution in [-0.2, 0) is 11.2 Å². The fourth-order valence-corrected chi connectivity index (χ4v) is 2.31. The van der Waals surface area contributed by atoms with Crippen LogP contribution >= 0.6 is 12.2 Å². The van der Waals surface area contributed by atoms with Crippen molar-refractivity contribution in [1.82, 2.24) is 10.9 Å². The van der Waals surface area contributed by atoms with Gasteiger partial charge in [0.2, 0.25) is 0 Å². The molecule has 0 fully saturated rings. The van der Waals surface area contributed by atoms with Crippen molar-refractivity contribution in [2.24, 2.45) is 0 Å². The average molecular weight is 388 g/mol. The summed E-state index contributed by atoms with van der Waals surface area (Å²) < 4.78 is 5.58. The van der Waals surface area contributed by atoms with E-state index in [-0.39, 0.29) is 10.8 Å². The van der Waals surface area contributed by atoms with Gasteiger partial charge in [-0.25, -0.2) is 0 Å². The summed E-state index contributed by atoms with van der Waals surface area (Å²) in [6.45, 7) is 3.67. The average Bonchev–Trinajstić information content (AvgIpc) is 2.66. The Bertz CT molecular complexity index is 826. The molecule has 8 nitrogen and oxygen atoms in total. The van der Waals surface area contributed by atoms with Crippen LogP contribution in [0.5, 0.6) is 5.75 Å². The van der Waals surface area contributed by atoms with Crippen molar-refractivity contribution in [3.8, 4) is 5.75 Å². The molecule has 0 aliphatic heterocycles. The molecule has 2 rings (SSSR count). The molecule has 2 aromatic rings. The van der Waals surface area contributed by atoms with Crippen LogP contribution in [0.2, 0.25) is 0 Å². The molecular weight excluding hydrogens is 368 g/mol. The van der Waals surface area contributed by atoms with Crippen LogP contribution in [0.25, 0.3) is 0 Å². The molecule has 9 heteroatoms. The van der Waals surface area contributed by atoms with Gasteiger partial charge in [0.1, 0.15) is 5.75 Å². The zero-order valence-electron chi connectivity index (χ0n) is 14.9. The highest BCUT2D eigenvalue weighted by molar-refractivity contribution is 7.80. The van der Waals surface area contributed by atoms with Crippen LogP contribution in [0.15, 0.2) is 48.5 Å². The van der Waals surface area contributed by atoms with E-state index in [1.807, 2.05) is 24.3 Å². The molecule has 0 radical (unpaired) electrons.